The van der Waals surface area contributed by atoms with Crippen LogP contribution in [-0.4, -0.2) is 29.6 Å². The van der Waals surface area contributed by atoms with Gasteiger partial charge in [-0.05, 0) is 61.4 Å². The van der Waals surface area contributed by atoms with Crippen LogP contribution in [0.3, 0.4) is 0 Å². The Morgan fingerprint density at radius 1 is 1.08 bits per heavy atom. The Bertz CT molecular complexity index is 613. The predicted octanol–water partition coefficient (Wildman–Crippen LogP) is 4.72. The molecule has 1 fully saturated rings. The lowest BCUT2D eigenvalue weighted by molar-refractivity contribution is 0.0827. The molecule has 1 heterocycles. The van der Waals surface area contributed by atoms with Crippen molar-refractivity contribution in [3.05, 3.63) is 70.7 Å². The number of β-amino-alcohol motifs (C(OH)–C–C–N with tert-alkyl or cyclic N) is 1. The molecule has 1 aliphatic rings. The molecule has 24 heavy (non-hydrogen) atoms. The zero-order valence-electron chi connectivity index (χ0n) is 14.1. The molecular weight excluding hydrogens is 318 g/mol. The predicted molar refractivity (Wildman–Crippen MR) is 100 cm³/mol. The van der Waals surface area contributed by atoms with Crippen molar-refractivity contribution < 1.29 is 5.11 Å². The maximum atomic E-state index is 10.5. The van der Waals surface area contributed by atoms with Gasteiger partial charge in [-0.25, -0.2) is 0 Å². The third-order valence-electron chi connectivity index (χ3n) is 4.97. The molecule has 0 aliphatic carbocycles. The van der Waals surface area contributed by atoms with Gasteiger partial charge >= 0.3 is 0 Å². The highest BCUT2D eigenvalue weighted by atomic mass is 35.5. The molecule has 1 N–H and O–H groups in total. The highest BCUT2D eigenvalue weighted by Crippen LogP contribution is 2.24. The molecule has 1 unspecified atom stereocenters. The molecule has 2 aromatic carbocycles. The first-order valence-electron chi connectivity index (χ1n) is 8.90. The number of benzene rings is 2. The number of aryl methyl sites for hydroxylation is 1. The second-order valence-corrected chi connectivity index (χ2v) is 7.30. The zero-order valence-corrected chi connectivity index (χ0v) is 14.8. The van der Waals surface area contributed by atoms with Crippen LogP contribution >= 0.6 is 11.6 Å². The summed E-state index contributed by atoms with van der Waals surface area (Å²) in [6.45, 7) is 2.90. The average molecular weight is 344 g/mol. The van der Waals surface area contributed by atoms with Crippen LogP contribution in [0.5, 0.6) is 0 Å². The molecule has 0 aromatic heterocycles. The van der Waals surface area contributed by atoms with Crippen LogP contribution in [0.1, 0.15) is 36.5 Å². The van der Waals surface area contributed by atoms with Gasteiger partial charge in [0.05, 0.1) is 6.10 Å². The fourth-order valence-electron chi connectivity index (χ4n) is 3.60. The van der Waals surface area contributed by atoms with Gasteiger partial charge in [-0.3, -0.25) is 0 Å². The second kappa shape index (κ2) is 8.66. The van der Waals surface area contributed by atoms with E-state index in [2.05, 4.69) is 35.2 Å². The molecular formula is C21H26ClNO. The topological polar surface area (TPSA) is 23.5 Å². The number of aliphatic hydroxyl groups is 1. The molecule has 1 aliphatic heterocycles. The molecule has 3 rings (SSSR count). The van der Waals surface area contributed by atoms with E-state index in [-0.39, 0.29) is 0 Å². The highest BCUT2D eigenvalue weighted by Gasteiger charge is 2.22. The number of likely N-dealkylation sites (tertiary alicyclic amines) is 1. The molecule has 0 spiro atoms. The van der Waals surface area contributed by atoms with Gasteiger partial charge in [-0.15, -0.1) is 0 Å². The van der Waals surface area contributed by atoms with Gasteiger partial charge in [-0.2, -0.15) is 0 Å². The lowest BCUT2D eigenvalue weighted by Gasteiger charge is -2.34. The van der Waals surface area contributed by atoms with Crippen molar-refractivity contribution in [1.29, 1.82) is 0 Å². The summed E-state index contributed by atoms with van der Waals surface area (Å²) in [4.78, 5) is 2.42. The van der Waals surface area contributed by atoms with E-state index in [9.17, 15) is 5.11 Å². The van der Waals surface area contributed by atoms with Gasteiger partial charge in [0.2, 0.25) is 0 Å². The van der Waals surface area contributed by atoms with Gasteiger partial charge in [0.25, 0.3) is 0 Å². The molecule has 2 nitrogen and oxygen atoms in total. The van der Waals surface area contributed by atoms with Crippen molar-refractivity contribution in [2.24, 2.45) is 5.92 Å². The van der Waals surface area contributed by atoms with E-state index < -0.39 is 6.10 Å². The smallest absolute Gasteiger partial charge is 0.0916 e. The Kier molecular flexibility index (Phi) is 6.30. The second-order valence-electron chi connectivity index (χ2n) is 6.86. The fraction of sp³-hybridized carbons (Fsp3) is 0.429. The van der Waals surface area contributed by atoms with Crippen LogP contribution in [-0.2, 0) is 6.42 Å². The Hall–Kier alpha value is -1.35. The van der Waals surface area contributed by atoms with Gasteiger partial charge in [0, 0.05) is 18.1 Å². The van der Waals surface area contributed by atoms with Crippen molar-refractivity contribution >= 4 is 11.6 Å². The summed E-state index contributed by atoms with van der Waals surface area (Å²) >= 11 is 5.92. The largest absolute Gasteiger partial charge is 0.387 e. The molecule has 2 aromatic rings. The highest BCUT2D eigenvalue weighted by molar-refractivity contribution is 6.30. The monoisotopic (exact) mass is 343 g/mol. The summed E-state index contributed by atoms with van der Waals surface area (Å²) in [7, 11) is 0. The summed E-state index contributed by atoms with van der Waals surface area (Å²) in [5.41, 5.74) is 2.38. The van der Waals surface area contributed by atoms with Crippen LogP contribution in [0.2, 0.25) is 5.02 Å². The van der Waals surface area contributed by atoms with Crippen molar-refractivity contribution in [3.8, 4) is 0 Å². The van der Waals surface area contributed by atoms with Crippen molar-refractivity contribution in [3.63, 3.8) is 0 Å². The Morgan fingerprint density at radius 3 is 2.58 bits per heavy atom. The van der Waals surface area contributed by atoms with E-state index in [4.69, 9.17) is 11.6 Å². The molecule has 128 valence electrons. The minimum absolute atomic E-state index is 0.435. The maximum absolute atomic E-state index is 10.5. The lowest BCUT2D eigenvalue weighted by atomic mass is 9.91. The maximum Gasteiger partial charge on any atom is 0.0916 e. The minimum Gasteiger partial charge on any atom is -0.387 e. The van der Waals surface area contributed by atoms with Crippen LogP contribution in [0.15, 0.2) is 54.6 Å². The summed E-state index contributed by atoms with van der Waals surface area (Å²) in [6, 6.07) is 18.3. The van der Waals surface area contributed by atoms with Gasteiger partial charge in [0.15, 0.2) is 0 Å². The normalized spacial score (nSPS) is 20.0. The van der Waals surface area contributed by atoms with Crippen molar-refractivity contribution in [1.82, 2.24) is 4.90 Å². The number of aliphatic hydroxyl groups excluding tert-OH is 1. The van der Waals surface area contributed by atoms with Crippen LogP contribution in [0.4, 0.5) is 0 Å². The summed E-state index contributed by atoms with van der Waals surface area (Å²) in [6.07, 6.45) is 4.49. The first kappa shape index (κ1) is 17.5. The van der Waals surface area contributed by atoms with E-state index >= 15 is 0 Å². The summed E-state index contributed by atoms with van der Waals surface area (Å²) in [5.74, 6) is 0.733. The molecule has 0 amide bonds. The first-order chi connectivity index (χ1) is 11.7. The van der Waals surface area contributed by atoms with Gasteiger partial charge in [-0.1, -0.05) is 54.1 Å². The molecule has 0 radical (unpaired) electrons. The zero-order chi connectivity index (χ0) is 16.8. The van der Waals surface area contributed by atoms with Crippen LogP contribution in [0, 0.1) is 5.92 Å². The number of nitrogens with zero attached hydrogens (tertiary/aromatic N) is 1. The third-order valence-corrected chi connectivity index (χ3v) is 5.23. The number of halogens is 1. The third kappa shape index (κ3) is 5.07. The first-order valence-corrected chi connectivity index (χ1v) is 9.28. The van der Waals surface area contributed by atoms with Crippen LogP contribution < -0.4 is 0 Å². The quantitative estimate of drug-likeness (QED) is 0.820. The lowest BCUT2D eigenvalue weighted by Crippen LogP contribution is -2.38. The van der Waals surface area contributed by atoms with Crippen LogP contribution in [0.25, 0.3) is 0 Å². The van der Waals surface area contributed by atoms with E-state index in [1.54, 1.807) is 0 Å². The standard InChI is InChI=1S/C21H26ClNO/c22-20-12-10-19(11-13-20)21(24)16-23-14-4-7-18(15-23)9-8-17-5-2-1-3-6-17/h1-3,5-6,10-13,18,21,24H,4,7-9,14-16H2/t18-,21?/m1/s1. The summed E-state index contributed by atoms with van der Waals surface area (Å²) in [5, 5.41) is 11.2. The van der Waals surface area contributed by atoms with Crippen molar-refractivity contribution in [2.75, 3.05) is 19.6 Å². The minimum atomic E-state index is -0.435. The average Bonchev–Trinajstić information content (AvgIpc) is 2.62. The number of hydrogen-bond donors (Lipinski definition) is 1. The van der Waals surface area contributed by atoms with Gasteiger partial charge in [0.1, 0.15) is 0 Å². The Balaban J connectivity index is 1.49. The number of rotatable bonds is 6. The molecule has 2 atom stereocenters. The van der Waals surface area contributed by atoms with E-state index in [1.807, 2.05) is 24.3 Å². The molecule has 0 bridgehead atoms. The summed E-state index contributed by atoms with van der Waals surface area (Å²) < 4.78 is 0. The van der Waals surface area contributed by atoms with Crippen molar-refractivity contribution in [2.45, 2.75) is 31.8 Å². The number of piperidine rings is 1. The molecule has 0 saturated carbocycles. The van der Waals surface area contributed by atoms with E-state index in [1.165, 1.54) is 24.8 Å². The Labute approximate surface area is 150 Å². The Morgan fingerprint density at radius 2 is 1.83 bits per heavy atom. The fourth-order valence-corrected chi connectivity index (χ4v) is 3.73. The molecule has 1 saturated heterocycles. The SMILES string of the molecule is OC(CN1CCC[C@H](CCc2ccccc2)C1)c1ccc(Cl)cc1. The number of hydrogen-bond acceptors (Lipinski definition) is 2. The van der Waals surface area contributed by atoms with E-state index in [0.717, 1.165) is 31.0 Å². The van der Waals surface area contributed by atoms with Gasteiger partial charge < -0.3 is 10.0 Å². The molecule has 3 heteroatoms. The van der Waals surface area contributed by atoms with E-state index in [0.29, 0.717) is 11.6 Å².